The first kappa shape index (κ1) is 12.8. The molecule has 0 aliphatic carbocycles. The zero-order chi connectivity index (χ0) is 13.8. The Morgan fingerprint density at radius 1 is 1.32 bits per heavy atom. The van der Waals surface area contributed by atoms with E-state index in [9.17, 15) is 14.9 Å². The van der Waals surface area contributed by atoms with Gasteiger partial charge >= 0.3 is 5.97 Å². The van der Waals surface area contributed by atoms with Crippen LogP contribution in [0.5, 0.6) is 0 Å². The molecule has 0 atom stereocenters. The van der Waals surface area contributed by atoms with Crippen LogP contribution in [0, 0.1) is 10.1 Å². The van der Waals surface area contributed by atoms with Gasteiger partial charge in [-0.25, -0.2) is 4.79 Å². The van der Waals surface area contributed by atoms with Crippen molar-refractivity contribution in [3.63, 3.8) is 0 Å². The van der Waals surface area contributed by atoms with Crippen molar-refractivity contribution in [1.29, 1.82) is 0 Å². The van der Waals surface area contributed by atoms with E-state index in [1.165, 1.54) is 18.2 Å². The van der Waals surface area contributed by atoms with Crippen LogP contribution in [0.1, 0.15) is 5.69 Å². The lowest BCUT2D eigenvalue weighted by atomic mass is 10.1. The molecule has 1 N–H and O–H groups in total. The maximum Gasteiger partial charge on any atom is 0.328 e. The van der Waals surface area contributed by atoms with Crippen molar-refractivity contribution in [2.75, 3.05) is 0 Å². The average molecular weight is 277 g/mol. The summed E-state index contributed by atoms with van der Waals surface area (Å²) in [6.45, 7) is 0. The number of rotatable bonds is 4. The van der Waals surface area contributed by atoms with E-state index in [1.807, 2.05) is 0 Å². The Labute approximate surface area is 111 Å². The fourth-order valence-electron chi connectivity index (χ4n) is 1.40. The van der Waals surface area contributed by atoms with Crippen molar-refractivity contribution < 1.29 is 14.8 Å². The molecule has 1 aromatic carbocycles. The minimum atomic E-state index is -1.08. The number of aromatic nitrogens is 2. The number of hydrogen-bond donors (Lipinski definition) is 1. The molecule has 0 bridgehead atoms. The van der Waals surface area contributed by atoms with Crippen LogP contribution >= 0.6 is 11.7 Å². The highest BCUT2D eigenvalue weighted by Crippen LogP contribution is 2.24. The van der Waals surface area contributed by atoms with Crippen molar-refractivity contribution in [1.82, 2.24) is 8.75 Å². The van der Waals surface area contributed by atoms with Crippen LogP contribution in [0.15, 0.2) is 30.3 Å². The molecule has 8 heteroatoms. The molecule has 19 heavy (non-hydrogen) atoms. The zero-order valence-corrected chi connectivity index (χ0v) is 10.2. The first-order valence-corrected chi connectivity index (χ1v) is 5.79. The quantitative estimate of drug-likeness (QED) is 0.521. The molecule has 96 valence electrons. The number of aliphatic carboxylic acids is 1. The summed E-state index contributed by atoms with van der Waals surface area (Å²) in [6, 6.07) is 5.82. The molecule has 0 saturated heterocycles. The van der Waals surface area contributed by atoms with Gasteiger partial charge in [0.15, 0.2) is 0 Å². The number of carboxylic acid groups (broad SMARTS) is 1. The van der Waals surface area contributed by atoms with Gasteiger partial charge in [0.25, 0.3) is 5.69 Å². The molecule has 0 saturated carbocycles. The van der Waals surface area contributed by atoms with Crippen LogP contribution in [0.2, 0.25) is 0 Å². The van der Waals surface area contributed by atoms with Crippen LogP contribution in [0.3, 0.4) is 0 Å². The van der Waals surface area contributed by atoms with E-state index >= 15 is 0 Å². The number of hydrogen-bond acceptors (Lipinski definition) is 6. The molecular weight excluding hydrogens is 270 g/mol. The van der Waals surface area contributed by atoms with E-state index in [2.05, 4.69) is 8.75 Å². The average Bonchev–Trinajstić information content (AvgIpc) is 2.84. The Balaban J connectivity index is 2.34. The molecule has 0 aliphatic heterocycles. The fraction of sp³-hybridized carbons (Fsp3) is 0. The van der Waals surface area contributed by atoms with Gasteiger partial charge in [-0.1, -0.05) is 0 Å². The van der Waals surface area contributed by atoms with Gasteiger partial charge in [-0.3, -0.25) is 10.1 Å². The molecule has 2 rings (SSSR count). The maximum atomic E-state index is 10.5. The Kier molecular flexibility index (Phi) is 3.62. The highest BCUT2D eigenvalue weighted by atomic mass is 32.1. The molecule has 1 heterocycles. The van der Waals surface area contributed by atoms with Gasteiger partial charge in [0, 0.05) is 23.8 Å². The summed E-state index contributed by atoms with van der Waals surface area (Å²) < 4.78 is 8.02. The summed E-state index contributed by atoms with van der Waals surface area (Å²) in [5, 5.41) is 19.1. The van der Waals surface area contributed by atoms with Gasteiger partial charge in [0.2, 0.25) is 0 Å². The van der Waals surface area contributed by atoms with E-state index in [0.29, 0.717) is 17.0 Å². The Morgan fingerprint density at radius 3 is 2.58 bits per heavy atom. The van der Waals surface area contributed by atoms with E-state index < -0.39 is 10.9 Å². The highest BCUT2D eigenvalue weighted by Gasteiger charge is 2.10. The van der Waals surface area contributed by atoms with Gasteiger partial charge in [-0.2, -0.15) is 8.75 Å². The number of carboxylic acids is 1. The van der Waals surface area contributed by atoms with Crippen LogP contribution < -0.4 is 0 Å². The molecule has 0 amide bonds. The smallest absolute Gasteiger partial charge is 0.328 e. The van der Waals surface area contributed by atoms with Crippen LogP contribution in [-0.4, -0.2) is 24.7 Å². The van der Waals surface area contributed by atoms with Crippen LogP contribution in [-0.2, 0) is 4.79 Å². The topological polar surface area (TPSA) is 106 Å². The number of carbonyl (C=O) groups is 1. The van der Waals surface area contributed by atoms with E-state index in [-0.39, 0.29) is 5.69 Å². The molecule has 0 aliphatic rings. The van der Waals surface area contributed by atoms with Crippen molar-refractivity contribution in [2.24, 2.45) is 0 Å². The molecule has 0 fully saturated rings. The third-order valence-corrected chi connectivity index (χ3v) is 2.79. The Bertz CT molecular complexity index is 648. The second-order valence-corrected chi connectivity index (χ2v) is 4.00. The lowest BCUT2D eigenvalue weighted by Gasteiger charge is -1.97. The summed E-state index contributed by atoms with van der Waals surface area (Å²) in [7, 11) is 0. The second kappa shape index (κ2) is 5.36. The highest BCUT2D eigenvalue weighted by molar-refractivity contribution is 6.99. The van der Waals surface area contributed by atoms with E-state index in [1.54, 1.807) is 12.1 Å². The molecule has 1 aromatic heterocycles. The van der Waals surface area contributed by atoms with Gasteiger partial charge in [0.1, 0.15) is 11.4 Å². The number of nitrogens with zero attached hydrogens (tertiary/aromatic N) is 3. The summed E-state index contributed by atoms with van der Waals surface area (Å²) >= 11 is 0.945. The first-order chi connectivity index (χ1) is 9.08. The summed E-state index contributed by atoms with van der Waals surface area (Å²) in [5.41, 5.74) is 1.54. The Hall–Kier alpha value is -2.61. The molecule has 2 aromatic rings. The number of nitro groups is 1. The third-order valence-electron chi connectivity index (χ3n) is 2.25. The summed E-state index contributed by atoms with van der Waals surface area (Å²) in [4.78, 5) is 20.5. The molecular formula is C11H7N3O4S. The second-order valence-electron chi connectivity index (χ2n) is 3.47. The first-order valence-electron chi connectivity index (χ1n) is 5.06. The van der Waals surface area contributed by atoms with Crippen molar-refractivity contribution >= 4 is 29.5 Å². The number of non-ortho nitro benzene ring substituents is 1. The maximum absolute atomic E-state index is 10.5. The SMILES string of the molecule is O=C(O)/C=C/c1nsnc1-c1ccc([N+](=O)[O-])cc1. The van der Waals surface area contributed by atoms with Crippen molar-refractivity contribution in [2.45, 2.75) is 0 Å². The third kappa shape index (κ3) is 2.99. The van der Waals surface area contributed by atoms with E-state index in [4.69, 9.17) is 5.11 Å². The lowest BCUT2D eigenvalue weighted by molar-refractivity contribution is -0.384. The molecule has 0 unspecified atom stereocenters. The monoisotopic (exact) mass is 277 g/mol. The minimum Gasteiger partial charge on any atom is -0.478 e. The van der Waals surface area contributed by atoms with Crippen molar-refractivity contribution in [3.05, 3.63) is 46.1 Å². The Morgan fingerprint density at radius 2 is 2.00 bits per heavy atom. The predicted octanol–water partition coefficient (Wildman–Crippen LogP) is 2.21. The predicted molar refractivity (Wildman–Crippen MR) is 68.7 cm³/mol. The fourth-order valence-corrected chi connectivity index (χ4v) is 1.95. The summed E-state index contributed by atoms with van der Waals surface area (Å²) in [6.07, 6.45) is 2.30. The molecule has 7 nitrogen and oxygen atoms in total. The largest absolute Gasteiger partial charge is 0.478 e. The lowest BCUT2D eigenvalue weighted by Crippen LogP contribution is -1.89. The normalized spacial score (nSPS) is 10.7. The van der Waals surface area contributed by atoms with Gasteiger partial charge in [0.05, 0.1) is 16.7 Å². The number of benzene rings is 1. The van der Waals surface area contributed by atoms with Crippen molar-refractivity contribution in [3.8, 4) is 11.3 Å². The van der Waals surface area contributed by atoms with Gasteiger partial charge < -0.3 is 5.11 Å². The molecule has 0 spiro atoms. The van der Waals surface area contributed by atoms with E-state index in [0.717, 1.165) is 17.8 Å². The minimum absolute atomic E-state index is 0.0189. The van der Waals surface area contributed by atoms with Crippen LogP contribution in [0.25, 0.3) is 17.3 Å². The number of nitro benzene ring substituents is 1. The van der Waals surface area contributed by atoms with Crippen LogP contribution in [0.4, 0.5) is 5.69 Å². The van der Waals surface area contributed by atoms with Gasteiger partial charge in [-0.05, 0) is 18.2 Å². The van der Waals surface area contributed by atoms with Gasteiger partial charge in [-0.15, -0.1) is 0 Å². The summed E-state index contributed by atoms with van der Waals surface area (Å²) in [5.74, 6) is -1.08. The molecule has 0 radical (unpaired) electrons. The zero-order valence-electron chi connectivity index (χ0n) is 9.39. The standard InChI is InChI=1S/C11H7N3O4S/c15-10(16)6-5-9-11(13-19-12-9)7-1-3-8(4-2-7)14(17)18/h1-6H,(H,15,16)/b6-5+.